The molecule has 0 saturated carbocycles. The van der Waals surface area contributed by atoms with Crippen LogP contribution >= 0.6 is 0 Å². The van der Waals surface area contributed by atoms with Crippen molar-refractivity contribution in [1.82, 2.24) is 14.7 Å². The quantitative estimate of drug-likeness (QED) is 0.641. The fourth-order valence-electron chi connectivity index (χ4n) is 3.31. The number of piperidine rings is 1. The molecule has 1 fully saturated rings. The highest BCUT2D eigenvalue weighted by atomic mass is 16.1. The number of ketones is 1. The van der Waals surface area contributed by atoms with Gasteiger partial charge in [-0.3, -0.25) is 9.48 Å². The second-order valence-electron chi connectivity index (χ2n) is 7.21. The van der Waals surface area contributed by atoms with E-state index in [0.717, 1.165) is 25.9 Å². The lowest BCUT2D eigenvalue weighted by molar-refractivity contribution is -0.118. The molecule has 0 N–H and O–H groups in total. The number of likely N-dealkylation sites (tertiary alicyclic amines) is 1. The maximum atomic E-state index is 11.3. The van der Waals surface area contributed by atoms with Gasteiger partial charge in [-0.15, -0.1) is 0 Å². The van der Waals surface area contributed by atoms with Crippen LogP contribution in [-0.2, 0) is 4.79 Å². The number of carbonyl (C=O) groups excluding carboxylic acids is 1. The summed E-state index contributed by atoms with van der Waals surface area (Å²) in [6, 6.07) is 0.526. The minimum atomic E-state index is 0.405. The SMILES string of the molecule is CCC(=O)CCCCCN1CCCC(n2cc(C(C)C)cn2)C1. The zero-order chi connectivity index (χ0) is 16.7. The fraction of sp³-hybridized carbons (Fsp3) is 0.789. The van der Waals surface area contributed by atoms with Crippen LogP contribution in [0.15, 0.2) is 12.4 Å². The Morgan fingerprint density at radius 1 is 1.35 bits per heavy atom. The summed E-state index contributed by atoms with van der Waals surface area (Å²) < 4.78 is 2.18. The lowest BCUT2D eigenvalue weighted by Gasteiger charge is -2.32. The summed E-state index contributed by atoms with van der Waals surface area (Å²) >= 11 is 0. The maximum absolute atomic E-state index is 11.3. The molecule has 1 aliphatic heterocycles. The van der Waals surface area contributed by atoms with Crippen LogP contribution in [0, 0.1) is 0 Å². The van der Waals surface area contributed by atoms with Gasteiger partial charge in [-0.2, -0.15) is 5.10 Å². The number of unbranched alkanes of at least 4 members (excludes halogenated alkanes) is 2. The number of nitrogens with zero attached hydrogens (tertiary/aromatic N) is 3. The van der Waals surface area contributed by atoms with Gasteiger partial charge in [0.05, 0.1) is 12.2 Å². The third-order valence-corrected chi connectivity index (χ3v) is 4.97. The van der Waals surface area contributed by atoms with Gasteiger partial charge in [0.2, 0.25) is 0 Å². The first-order chi connectivity index (χ1) is 11.1. The van der Waals surface area contributed by atoms with E-state index in [9.17, 15) is 4.79 Å². The summed E-state index contributed by atoms with van der Waals surface area (Å²) in [6.45, 7) is 9.89. The summed E-state index contributed by atoms with van der Waals surface area (Å²) in [5.41, 5.74) is 1.34. The molecule has 130 valence electrons. The number of carbonyl (C=O) groups is 1. The van der Waals surface area contributed by atoms with Crippen molar-refractivity contribution in [3.05, 3.63) is 18.0 Å². The van der Waals surface area contributed by atoms with Crippen LogP contribution < -0.4 is 0 Å². The molecule has 0 bridgehead atoms. The van der Waals surface area contributed by atoms with Gasteiger partial charge in [0, 0.05) is 25.6 Å². The number of hydrogen-bond acceptors (Lipinski definition) is 3. The molecular formula is C19H33N3O. The van der Waals surface area contributed by atoms with Gasteiger partial charge in [-0.05, 0) is 50.3 Å². The van der Waals surface area contributed by atoms with E-state index in [1.54, 1.807) is 0 Å². The molecule has 0 spiro atoms. The van der Waals surface area contributed by atoms with Crippen molar-refractivity contribution in [3.8, 4) is 0 Å². The zero-order valence-corrected chi connectivity index (χ0v) is 15.1. The van der Waals surface area contributed by atoms with Gasteiger partial charge in [-0.1, -0.05) is 27.2 Å². The van der Waals surface area contributed by atoms with Crippen LogP contribution in [0.25, 0.3) is 0 Å². The minimum absolute atomic E-state index is 0.405. The highest BCUT2D eigenvalue weighted by Crippen LogP contribution is 2.23. The molecule has 4 nitrogen and oxygen atoms in total. The van der Waals surface area contributed by atoms with E-state index < -0.39 is 0 Å². The van der Waals surface area contributed by atoms with E-state index in [0.29, 0.717) is 24.2 Å². The average Bonchev–Trinajstić information content (AvgIpc) is 3.05. The molecular weight excluding hydrogens is 286 g/mol. The van der Waals surface area contributed by atoms with Crippen LogP contribution in [0.3, 0.4) is 0 Å². The molecule has 1 saturated heterocycles. The fourth-order valence-corrected chi connectivity index (χ4v) is 3.31. The predicted octanol–water partition coefficient (Wildman–Crippen LogP) is 4.18. The van der Waals surface area contributed by atoms with E-state index in [4.69, 9.17) is 0 Å². The van der Waals surface area contributed by atoms with E-state index in [1.807, 2.05) is 13.1 Å². The summed E-state index contributed by atoms with van der Waals surface area (Å²) in [7, 11) is 0. The van der Waals surface area contributed by atoms with Gasteiger partial charge >= 0.3 is 0 Å². The molecule has 1 aromatic heterocycles. The Morgan fingerprint density at radius 3 is 2.87 bits per heavy atom. The van der Waals surface area contributed by atoms with E-state index in [-0.39, 0.29) is 0 Å². The first-order valence-electron chi connectivity index (χ1n) is 9.38. The van der Waals surface area contributed by atoms with Gasteiger partial charge in [0.15, 0.2) is 0 Å². The van der Waals surface area contributed by atoms with Crippen molar-refractivity contribution in [2.24, 2.45) is 0 Å². The second-order valence-corrected chi connectivity index (χ2v) is 7.21. The van der Waals surface area contributed by atoms with Crippen molar-refractivity contribution in [2.45, 2.75) is 77.7 Å². The Labute approximate surface area is 141 Å². The zero-order valence-electron chi connectivity index (χ0n) is 15.1. The Balaban J connectivity index is 1.71. The highest BCUT2D eigenvalue weighted by Gasteiger charge is 2.21. The highest BCUT2D eigenvalue weighted by molar-refractivity contribution is 5.77. The Kier molecular flexibility index (Phi) is 7.28. The average molecular weight is 319 g/mol. The van der Waals surface area contributed by atoms with Gasteiger partial charge in [-0.25, -0.2) is 0 Å². The molecule has 4 heteroatoms. The van der Waals surface area contributed by atoms with Crippen LogP contribution in [0.5, 0.6) is 0 Å². The van der Waals surface area contributed by atoms with Crippen LogP contribution in [-0.4, -0.2) is 40.1 Å². The van der Waals surface area contributed by atoms with Crippen LogP contribution in [0.2, 0.25) is 0 Å². The summed E-state index contributed by atoms with van der Waals surface area (Å²) in [4.78, 5) is 13.9. The molecule has 0 aliphatic carbocycles. The topological polar surface area (TPSA) is 38.1 Å². The molecule has 23 heavy (non-hydrogen) atoms. The molecule has 0 aromatic carbocycles. The Hall–Kier alpha value is -1.16. The van der Waals surface area contributed by atoms with Gasteiger partial charge in [0.25, 0.3) is 0 Å². The number of aromatic nitrogens is 2. The summed E-state index contributed by atoms with van der Waals surface area (Å²) in [5, 5.41) is 4.59. The van der Waals surface area contributed by atoms with E-state index in [2.05, 4.69) is 34.7 Å². The number of rotatable bonds is 9. The number of Topliss-reactive ketones (excluding diaryl/α,β-unsaturated/α-hetero) is 1. The minimum Gasteiger partial charge on any atom is -0.301 e. The van der Waals surface area contributed by atoms with Gasteiger partial charge < -0.3 is 4.90 Å². The standard InChI is InChI=1S/C19H33N3O/c1-4-19(23)10-6-5-7-11-21-12-8-9-18(15-21)22-14-17(13-20-22)16(2)3/h13-14,16,18H,4-12,15H2,1-3H3. The number of hydrogen-bond donors (Lipinski definition) is 0. The van der Waals surface area contributed by atoms with Crippen LogP contribution in [0.1, 0.15) is 83.2 Å². The summed E-state index contributed by atoms with van der Waals surface area (Å²) in [5.74, 6) is 0.956. The molecule has 1 atom stereocenters. The predicted molar refractivity (Wildman–Crippen MR) is 94.8 cm³/mol. The van der Waals surface area contributed by atoms with Crippen molar-refractivity contribution in [3.63, 3.8) is 0 Å². The molecule has 0 radical (unpaired) electrons. The summed E-state index contributed by atoms with van der Waals surface area (Å²) in [6.07, 6.45) is 11.6. The lowest BCUT2D eigenvalue weighted by atomic mass is 10.0. The largest absolute Gasteiger partial charge is 0.301 e. The third-order valence-electron chi connectivity index (χ3n) is 4.97. The molecule has 1 aromatic rings. The van der Waals surface area contributed by atoms with Crippen molar-refractivity contribution in [2.75, 3.05) is 19.6 Å². The van der Waals surface area contributed by atoms with Crippen LogP contribution in [0.4, 0.5) is 0 Å². The van der Waals surface area contributed by atoms with Crippen molar-refractivity contribution < 1.29 is 4.79 Å². The van der Waals surface area contributed by atoms with Crippen molar-refractivity contribution in [1.29, 1.82) is 0 Å². The Bertz CT molecular complexity index is 481. The first kappa shape index (κ1) is 18.2. The normalized spacial score (nSPS) is 19.4. The molecule has 1 aliphatic rings. The molecule has 0 amide bonds. The Morgan fingerprint density at radius 2 is 2.17 bits per heavy atom. The third kappa shape index (κ3) is 5.76. The van der Waals surface area contributed by atoms with Crippen molar-refractivity contribution >= 4 is 5.78 Å². The lowest BCUT2D eigenvalue weighted by Crippen LogP contribution is -2.37. The van der Waals surface area contributed by atoms with E-state index in [1.165, 1.54) is 37.8 Å². The van der Waals surface area contributed by atoms with Gasteiger partial charge in [0.1, 0.15) is 5.78 Å². The first-order valence-corrected chi connectivity index (χ1v) is 9.38. The van der Waals surface area contributed by atoms with E-state index >= 15 is 0 Å². The smallest absolute Gasteiger partial charge is 0.132 e. The molecule has 2 heterocycles. The molecule has 2 rings (SSSR count). The monoisotopic (exact) mass is 319 g/mol. The molecule has 1 unspecified atom stereocenters. The second kappa shape index (κ2) is 9.21. The maximum Gasteiger partial charge on any atom is 0.132 e.